The van der Waals surface area contributed by atoms with Gasteiger partial charge in [-0.25, -0.2) is 0 Å². The van der Waals surface area contributed by atoms with Gasteiger partial charge in [-0.15, -0.1) is 0 Å². The van der Waals surface area contributed by atoms with Gasteiger partial charge in [0.1, 0.15) is 0 Å². The van der Waals surface area contributed by atoms with E-state index in [0.29, 0.717) is 4.48 Å². The van der Waals surface area contributed by atoms with Gasteiger partial charge in [-0.2, -0.15) is 0 Å². The van der Waals surface area contributed by atoms with Crippen LogP contribution in [0.3, 0.4) is 0 Å². The number of unbranched alkanes of at least 4 members (excludes halogenated alkanes) is 13. The number of quaternary nitrogens is 1. The maximum Gasteiger partial charge on any atom is 0.376 e. The van der Waals surface area contributed by atoms with Crippen LogP contribution in [0.2, 0.25) is 0 Å². The van der Waals surface area contributed by atoms with Crippen molar-refractivity contribution in [3.8, 4) is 0 Å². The summed E-state index contributed by atoms with van der Waals surface area (Å²) in [4.78, 5) is 12.1. The van der Waals surface area contributed by atoms with Gasteiger partial charge in [0.2, 0.25) is 0 Å². The number of nitrogens with zero attached hydrogens (tertiary/aromatic N) is 1. The fourth-order valence-electron chi connectivity index (χ4n) is 4.69. The van der Waals surface area contributed by atoms with Crippen LogP contribution >= 0.6 is 8.03 Å². The fourth-order valence-corrected chi connectivity index (χ4v) is 5.92. The molecule has 0 fully saturated rings. The van der Waals surface area contributed by atoms with Gasteiger partial charge in [0.15, 0.2) is 0 Å². The Morgan fingerprint density at radius 3 is 1.39 bits per heavy atom. The third-order valence-corrected chi connectivity index (χ3v) is 8.71. The topological polar surface area (TPSA) is 40.1 Å². The minimum Gasteiger partial charge on any atom is -0.590 e. The van der Waals surface area contributed by atoms with E-state index in [9.17, 15) is 9.46 Å². The lowest BCUT2D eigenvalue weighted by Gasteiger charge is -2.39. The van der Waals surface area contributed by atoms with Crippen molar-refractivity contribution in [3.05, 3.63) is 24.3 Å². The molecular weight excluding hydrogens is 425 g/mol. The lowest BCUT2D eigenvalue weighted by Crippen LogP contribution is -2.55. The van der Waals surface area contributed by atoms with Crippen molar-refractivity contribution in [2.75, 3.05) is 21.1 Å². The molecule has 0 rings (SSSR count). The number of hydrogen-bond donors (Lipinski definition) is 0. The molecule has 0 aromatic heterocycles. The first-order valence-electron chi connectivity index (χ1n) is 14.1. The van der Waals surface area contributed by atoms with E-state index in [4.69, 9.17) is 0 Å². The fraction of sp³-hybridized carbons (Fsp3) is 0.862. The predicted molar refractivity (Wildman–Crippen MR) is 146 cm³/mol. The summed E-state index contributed by atoms with van der Waals surface area (Å²) in [7, 11) is 3.67. The highest BCUT2D eigenvalue weighted by atomic mass is 31.1. The molecule has 0 saturated carbocycles. The Balaban J connectivity index is 3.66. The molecule has 4 heteroatoms. The molecule has 0 aliphatic rings. The molecule has 0 spiro atoms. The quantitative estimate of drug-likeness (QED) is 0.0630. The zero-order valence-corrected chi connectivity index (χ0v) is 23.8. The van der Waals surface area contributed by atoms with Crippen molar-refractivity contribution in [3.63, 3.8) is 0 Å². The molecule has 0 aromatic carbocycles. The van der Waals surface area contributed by atoms with Crippen molar-refractivity contribution < 1.29 is 13.9 Å². The van der Waals surface area contributed by atoms with Gasteiger partial charge < -0.3 is 4.89 Å². The second-order valence-electron chi connectivity index (χ2n) is 10.7. The van der Waals surface area contributed by atoms with Crippen LogP contribution in [0.5, 0.6) is 0 Å². The molecule has 0 saturated heterocycles. The average Bonchev–Trinajstić information content (AvgIpc) is 2.76. The minimum absolute atomic E-state index is 0.517. The first kappa shape index (κ1) is 32.5. The zero-order chi connectivity index (χ0) is 24.8. The highest BCUT2D eigenvalue weighted by Gasteiger charge is 2.53. The normalized spacial score (nSPS) is 14.9. The molecule has 2 unspecified atom stereocenters. The molecule has 0 radical (unpaired) electrons. The molecule has 0 heterocycles. The number of hydrogen-bond acceptors (Lipinski definition) is 2. The van der Waals surface area contributed by atoms with Crippen LogP contribution in [0.4, 0.5) is 0 Å². The first-order valence-corrected chi connectivity index (χ1v) is 15.3. The van der Waals surface area contributed by atoms with Crippen LogP contribution in [0.25, 0.3) is 0 Å². The van der Waals surface area contributed by atoms with E-state index < -0.39 is 13.3 Å². The molecule has 0 amide bonds. The summed E-state index contributed by atoms with van der Waals surface area (Å²) >= 11 is 0. The highest BCUT2D eigenvalue weighted by Crippen LogP contribution is 2.45. The van der Waals surface area contributed by atoms with Crippen LogP contribution in [-0.4, -0.2) is 30.9 Å². The summed E-state index contributed by atoms with van der Waals surface area (Å²) < 4.78 is 12.6. The largest absolute Gasteiger partial charge is 0.590 e. The van der Waals surface area contributed by atoms with Gasteiger partial charge in [0.05, 0.1) is 21.1 Å². The average molecular weight is 483 g/mol. The van der Waals surface area contributed by atoms with E-state index in [1.807, 2.05) is 21.1 Å². The molecule has 33 heavy (non-hydrogen) atoms. The molecule has 0 aromatic rings. The Labute approximate surface area is 208 Å². The molecule has 194 valence electrons. The standard InChI is InChI=1S/C29H57NO2P/c1-6-8-9-10-11-12-13-14-15-16-17-18-19-20-21-22-23-24-25-26-28-29(27-7-2,33(31)32)30(3,4)5/h11-12,17-18H,6-10,13-16,19-28H2,1-5H3/q+1/b12-11-,18-17-. The lowest BCUT2D eigenvalue weighted by molar-refractivity contribution is -0.910. The van der Waals surface area contributed by atoms with E-state index in [2.05, 4.69) is 38.2 Å². The van der Waals surface area contributed by atoms with Crippen LogP contribution in [0, 0.1) is 0 Å². The van der Waals surface area contributed by atoms with E-state index in [1.54, 1.807) is 0 Å². The molecule has 3 nitrogen and oxygen atoms in total. The molecule has 2 atom stereocenters. The van der Waals surface area contributed by atoms with Crippen molar-refractivity contribution in [2.24, 2.45) is 0 Å². The molecule has 0 aliphatic carbocycles. The second-order valence-corrected chi connectivity index (χ2v) is 12.1. The summed E-state index contributed by atoms with van der Waals surface area (Å²) in [5.74, 6) is 0. The van der Waals surface area contributed by atoms with Crippen molar-refractivity contribution in [1.29, 1.82) is 0 Å². The van der Waals surface area contributed by atoms with E-state index in [0.717, 1.165) is 32.1 Å². The lowest BCUT2D eigenvalue weighted by atomic mass is 9.99. The van der Waals surface area contributed by atoms with Gasteiger partial charge in [0, 0.05) is 12.8 Å². The maximum atomic E-state index is 12.1. The van der Waals surface area contributed by atoms with E-state index in [1.165, 1.54) is 89.9 Å². The van der Waals surface area contributed by atoms with Crippen molar-refractivity contribution in [2.45, 2.75) is 141 Å². The van der Waals surface area contributed by atoms with Crippen LogP contribution in [0.15, 0.2) is 24.3 Å². The van der Waals surface area contributed by atoms with Gasteiger partial charge in [0.25, 0.3) is 5.28 Å². The van der Waals surface area contributed by atoms with Gasteiger partial charge >= 0.3 is 8.03 Å². The Kier molecular flexibility index (Phi) is 20.5. The summed E-state index contributed by atoms with van der Waals surface area (Å²) in [6, 6.07) is 0. The Bertz CT molecular complexity index is 524. The number of allylic oxidation sites excluding steroid dienone is 4. The monoisotopic (exact) mass is 482 g/mol. The van der Waals surface area contributed by atoms with Gasteiger partial charge in [-0.1, -0.05) is 87.7 Å². The van der Waals surface area contributed by atoms with E-state index in [-0.39, 0.29) is 0 Å². The summed E-state index contributed by atoms with van der Waals surface area (Å²) in [5, 5.41) is -0.596. The molecular formula is C29H57NO2P+. The Morgan fingerprint density at radius 1 is 0.606 bits per heavy atom. The molecule has 0 bridgehead atoms. The van der Waals surface area contributed by atoms with Crippen LogP contribution in [0.1, 0.15) is 136 Å². The third kappa shape index (κ3) is 15.9. The van der Waals surface area contributed by atoms with Crippen LogP contribution in [-0.2, 0) is 4.57 Å². The summed E-state index contributed by atoms with van der Waals surface area (Å²) in [5.41, 5.74) is 0. The smallest absolute Gasteiger partial charge is 0.376 e. The predicted octanol–water partition coefficient (Wildman–Crippen LogP) is 9.06. The van der Waals surface area contributed by atoms with Crippen molar-refractivity contribution >= 4 is 8.03 Å². The minimum atomic E-state index is -2.43. The van der Waals surface area contributed by atoms with E-state index >= 15 is 0 Å². The Hall–Kier alpha value is -0.500. The number of rotatable bonds is 23. The highest BCUT2D eigenvalue weighted by molar-refractivity contribution is 7.38. The first-order chi connectivity index (χ1) is 15.8. The Morgan fingerprint density at radius 2 is 1.00 bits per heavy atom. The maximum absolute atomic E-state index is 12.1. The van der Waals surface area contributed by atoms with Crippen molar-refractivity contribution in [1.82, 2.24) is 0 Å². The zero-order valence-electron chi connectivity index (χ0n) is 23.0. The second kappa shape index (κ2) is 20.8. The summed E-state index contributed by atoms with van der Waals surface area (Å²) in [6.45, 7) is 4.35. The van der Waals surface area contributed by atoms with Crippen LogP contribution < -0.4 is 4.89 Å². The SMILES string of the molecule is CCCCC/C=C\CCCC/C=C\CCCCCCCCCC(CCC)([P+](=O)[O-])[N+](C)(C)C. The summed E-state index contributed by atoms with van der Waals surface area (Å²) in [6.07, 6.45) is 32.2. The molecule has 0 aliphatic heterocycles. The van der Waals surface area contributed by atoms with Gasteiger partial charge in [-0.05, 0) is 64.2 Å². The van der Waals surface area contributed by atoms with Gasteiger partial charge in [-0.3, -0.25) is 4.48 Å². The molecule has 0 N–H and O–H groups in total. The third-order valence-electron chi connectivity index (χ3n) is 6.99.